The van der Waals surface area contributed by atoms with Gasteiger partial charge in [0.15, 0.2) is 0 Å². The van der Waals surface area contributed by atoms with Gasteiger partial charge in [0.2, 0.25) is 0 Å². The quantitative estimate of drug-likeness (QED) is 0.159. The van der Waals surface area contributed by atoms with Crippen LogP contribution in [0, 0.1) is 5.92 Å². The van der Waals surface area contributed by atoms with Crippen LogP contribution in [-0.4, -0.2) is 4.40 Å². The van der Waals surface area contributed by atoms with Crippen LogP contribution in [0.1, 0.15) is 18.9 Å². The number of fused-ring (bicyclic) bond motifs is 11. The van der Waals surface area contributed by atoms with Crippen molar-refractivity contribution in [2.75, 3.05) is 0 Å². The maximum Gasteiger partial charge on any atom is 0.263 e. The lowest BCUT2D eigenvalue weighted by Gasteiger charge is -2.13. The molecule has 12 aromatic rings. The Balaban J connectivity index is 1.06. The Morgan fingerprint density at radius 1 is 0.375 bits per heavy atom. The highest BCUT2D eigenvalue weighted by atomic mass is 16.1. The van der Waals surface area contributed by atoms with Gasteiger partial charge in [0, 0.05) is 21.5 Å². The Bertz CT molecular complexity index is 3980. The van der Waals surface area contributed by atoms with E-state index in [0.29, 0.717) is 11.3 Å². The molecule has 0 saturated heterocycles. The van der Waals surface area contributed by atoms with Gasteiger partial charge in [0.1, 0.15) is 0 Å². The van der Waals surface area contributed by atoms with Crippen LogP contribution in [0.5, 0.6) is 0 Å². The summed E-state index contributed by atoms with van der Waals surface area (Å²) < 4.78 is 1.97. The molecular weight excluding hydrogens is 775 g/mol. The predicted molar refractivity (Wildman–Crippen MR) is 273 cm³/mol. The lowest BCUT2D eigenvalue weighted by atomic mass is 9.91. The maximum absolute atomic E-state index is 15.0. The molecule has 2 heteroatoms. The molecule has 0 aliphatic heterocycles. The smallest absolute Gasteiger partial charge is 0.263 e. The van der Waals surface area contributed by atoms with Crippen molar-refractivity contribution in [2.24, 2.45) is 5.92 Å². The van der Waals surface area contributed by atoms with E-state index in [1.807, 2.05) is 10.5 Å². The molecule has 0 bridgehead atoms. The number of hydrogen-bond acceptors (Lipinski definition) is 1. The van der Waals surface area contributed by atoms with Crippen molar-refractivity contribution in [3.63, 3.8) is 0 Å². The summed E-state index contributed by atoms with van der Waals surface area (Å²) in [6.07, 6.45) is 7.98. The Hall–Kier alpha value is -8.07. The number of hydrogen-bond donors (Lipinski definition) is 0. The third kappa shape index (κ3) is 5.69. The molecule has 1 atom stereocenters. The van der Waals surface area contributed by atoms with Crippen LogP contribution >= 0.6 is 0 Å². The highest BCUT2D eigenvalue weighted by molar-refractivity contribution is 6.26. The van der Waals surface area contributed by atoms with Crippen molar-refractivity contribution in [3.8, 4) is 44.5 Å². The highest BCUT2D eigenvalue weighted by Crippen LogP contribution is 2.42. The van der Waals surface area contributed by atoms with Crippen molar-refractivity contribution < 1.29 is 0 Å². The number of allylic oxidation sites excluding steroid dienone is 4. The van der Waals surface area contributed by atoms with Gasteiger partial charge < -0.3 is 0 Å². The standard InChI is InChI=1S/C62H41NO/c1-38-12-9-15-40(30-38)42-17-11-18-43(32-42)47-26-29-60-57(35-47)59-37-48(44-19-10-16-41(31-44)39-13-3-2-4-14-39)36-58-56-34-46(25-28-54(56)62(64)63(60)61(58)59)45-24-27-53-51-22-6-5-20-49(51)50-21-7-8-23-52(50)55(53)33-45/h2-11,13-38H,12H2,1H3. The molecule has 2 nitrogen and oxygen atoms in total. The molecule has 13 rings (SSSR count). The van der Waals surface area contributed by atoms with E-state index in [4.69, 9.17) is 0 Å². The second kappa shape index (κ2) is 14.2. The Kier molecular flexibility index (Phi) is 8.14. The summed E-state index contributed by atoms with van der Waals surface area (Å²) in [5, 5.41) is 12.4. The van der Waals surface area contributed by atoms with Gasteiger partial charge >= 0.3 is 0 Å². The van der Waals surface area contributed by atoms with Gasteiger partial charge in [-0.2, -0.15) is 0 Å². The topological polar surface area (TPSA) is 21.5 Å². The van der Waals surface area contributed by atoms with Crippen LogP contribution in [0.25, 0.3) is 120 Å². The van der Waals surface area contributed by atoms with Gasteiger partial charge in [-0.15, -0.1) is 0 Å². The molecule has 0 N–H and O–H groups in total. The van der Waals surface area contributed by atoms with E-state index in [1.54, 1.807) is 0 Å². The summed E-state index contributed by atoms with van der Waals surface area (Å²) in [7, 11) is 0. The van der Waals surface area contributed by atoms with Crippen molar-refractivity contribution in [1.29, 1.82) is 0 Å². The molecule has 1 unspecified atom stereocenters. The van der Waals surface area contributed by atoms with Gasteiger partial charge in [0.05, 0.1) is 11.0 Å². The zero-order valence-electron chi connectivity index (χ0n) is 35.3. The summed E-state index contributed by atoms with van der Waals surface area (Å²) in [6.45, 7) is 2.27. The lowest BCUT2D eigenvalue weighted by Crippen LogP contribution is -2.13. The highest BCUT2D eigenvalue weighted by Gasteiger charge is 2.21. The zero-order chi connectivity index (χ0) is 42.5. The van der Waals surface area contributed by atoms with Crippen LogP contribution in [0.2, 0.25) is 0 Å². The first kappa shape index (κ1) is 36.6. The van der Waals surface area contributed by atoms with Crippen LogP contribution in [0.3, 0.4) is 0 Å². The third-order valence-electron chi connectivity index (χ3n) is 13.8. The van der Waals surface area contributed by atoms with E-state index >= 15 is 0 Å². The van der Waals surface area contributed by atoms with Gasteiger partial charge in [-0.1, -0.05) is 165 Å². The number of aromatic nitrogens is 1. The molecule has 10 aromatic carbocycles. The summed E-state index contributed by atoms with van der Waals surface area (Å²) in [6, 6.07) is 70.3. The van der Waals surface area contributed by atoms with Gasteiger partial charge in [-0.3, -0.25) is 9.20 Å². The fourth-order valence-corrected chi connectivity index (χ4v) is 10.7. The average molecular weight is 816 g/mol. The Morgan fingerprint density at radius 2 is 0.828 bits per heavy atom. The minimum Gasteiger partial charge on any atom is -0.275 e. The van der Waals surface area contributed by atoms with Crippen LogP contribution in [-0.2, 0) is 0 Å². The van der Waals surface area contributed by atoms with E-state index in [2.05, 4.69) is 213 Å². The summed E-state index contributed by atoms with van der Waals surface area (Å²) >= 11 is 0. The molecular formula is C62H41NO. The van der Waals surface area contributed by atoms with E-state index in [9.17, 15) is 4.79 Å². The normalized spacial score (nSPS) is 14.2. The first-order valence-electron chi connectivity index (χ1n) is 22.3. The third-order valence-corrected chi connectivity index (χ3v) is 13.8. The van der Waals surface area contributed by atoms with E-state index in [-0.39, 0.29) is 5.56 Å². The fourth-order valence-electron chi connectivity index (χ4n) is 10.7. The SMILES string of the molecule is CC1C=C(c2cccc(-c3ccc4c(c3)c3cc(-c5cccc(-c6ccccc6)c5)cc5c6cc(-c7ccc8c9ccccc9c9ccccc9c8c7)ccc6c(=O)n4c53)c2)C=CC1. The minimum absolute atomic E-state index is 0.00346. The number of rotatable bonds is 5. The molecule has 300 valence electrons. The predicted octanol–water partition coefficient (Wildman–Crippen LogP) is 16.3. The van der Waals surface area contributed by atoms with E-state index in [0.717, 1.165) is 72.4 Å². The van der Waals surface area contributed by atoms with Gasteiger partial charge in [0.25, 0.3) is 5.56 Å². The zero-order valence-corrected chi connectivity index (χ0v) is 35.3. The molecule has 0 radical (unpaired) electrons. The molecule has 0 amide bonds. The molecule has 2 aromatic heterocycles. The summed E-state index contributed by atoms with van der Waals surface area (Å²) in [5.74, 6) is 0.517. The van der Waals surface area contributed by atoms with Crippen LogP contribution in [0.15, 0.2) is 217 Å². The van der Waals surface area contributed by atoms with Crippen molar-refractivity contribution in [3.05, 3.63) is 228 Å². The Labute approximate surface area is 370 Å². The number of pyridine rings is 1. The molecule has 64 heavy (non-hydrogen) atoms. The molecule has 1 aliphatic rings. The van der Waals surface area contributed by atoms with Crippen LogP contribution in [0.4, 0.5) is 0 Å². The molecule has 0 fully saturated rings. The van der Waals surface area contributed by atoms with Crippen molar-refractivity contribution >= 4 is 75.9 Å². The number of benzene rings is 10. The molecule has 1 aliphatic carbocycles. The minimum atomic E-state index is 0.00346. The first-order valence-corrected chi connectivity index (χ1v) is 22.3. The number of nitrogens with zero attached hydrogens (tertiary/aromatic N) is 1. The van der Waals surface area contributed by atoms with Crippen molar-refractivity contribution in [2.45, 2.75) is 13.3 Å². The van der Waals surface area contributed by atoms with Gasteiger partial charge in [-0.25, -0.2) is 0 Å². The molecule has 0 spiro atoms. The monoisotopic (exact) mass is 815 g/mol. The lowest BCUT2D eigenvalue weighted by molar-refractivity contribution is 0.740. The van der Waals surface area contributed by atoms with Gasteiger partial charge in [-0.05, 0) is 160 Å². The fraction of sp³-hybridized carbons (Fsp3) is 0.0484. The molecule has 2 heterocycles. The first-order chi connectivity index (χ1) is 31.5. The van der Waals surface area contributed by atoms with Crippen molar-refractivity contribution in [1.82, 2.24) is 4.40 Å². The second-order valence-corrected chi connectivity index (χ2v) is 17.7. The average Bonchev–Trinajstić information content (AvgIpc) is 3.69. The molecule has 0 saturated carbocycles. The Morgan fingerprint density at radius 3 is 1.50 bits per heavy atom. The summed E-state index contributed by atoms with van der Waals surface area (Å²) in [5.41, 5.74) is 13.5. The van der Waals surface area contributed by atoms with E-state index in [1.165, 1.54) is 54.6 Å². The second-order valence-electron chi connectivity index (χ2n) is 17.7. The largest absolute Gasteiger partial charge is 0.275 e. The maximum atomic E-state index is 15.0. The van der Waals surface area contributed by atoms with E-state index < -0.39 is 0 Å². The summed E-state index contributed by atoms with van der Waals surface area (Å²) in [4.78, 5) is 15.0. The van der Waals surface area contributed by atoms with Crippen LogP contribution < -0.4 is 5.56 Å².